The number of fused-ring (bicyclic) bond motifs is 1. The Morgan fingerprint density at radius 3 is 2.57 bits per heavy atom. The molecule has 1 aliphatic rings. The Labute approximate surface area is 221 Å². The number of carbonyl (C=O) groups is 2. The fraction of sp³-hybridized carbons (Fsp3) is 0.276. The molecule has 1 saturated heterocycles. The van der Waals surface area contributed by atoms with E-state index in [4.69, 9.17) is 11.6 Å². The number of likely N-dealkylation sites (N-methyl/N-ethyl adjacent to an activating group) is 1. The molecule has 0 radical (unpaired) electrons. The van der Waals surface area contributed by atoms with Gasteiger partial charge in [0.2, 0.25) is 5.91 Å². The zero-order valence-electron chi connectivity index (χ0n) is 20.9. The minimum Gasteiger partial charge on any atom is -0.336 e. The molecular weight excluding hydrogens is 486 g/mol. The lowest BCUT2D eigenvalue weighted by Crippen LogP contribution is -2.48. The van der Waals surface area contributed by atoms with Crippen molar-refractivity contribution in [2.75, 3.05) is 38.0 Å². The number of aryl methyl sites for hydroxylation is 1. The molecule has 0 unspecified atom stereocenters. The number of carbonyl (C=O) groups excluding carboxylic acids is 2. The van der Waals surface area contributed by atoms with Gasteiger partial charge in [-0.3, -0.25) is 14.6 Å². The Morgan fingerprint density at radius 2 is 1.84 bits per heavy atom. The van der Waals surface area contributed by atoms with E-state index in [0.717, 1.165) is 54.9 Å². The first-order valence-electron chi connectivity index (χ1n) is 12.6. The van der Waals surface area contributed by atoms with E-state index >= 15 is 0 Å². The van der Waals surface area contributed by atoms with Crippen LogP contribution in [0.15, 0.2) is 73.2 Å². The second-order valence-corrected chi connectivity index (χ2v) is 9.64. The number of piperazine rings is 1. The minimum atomic E-state index is -0.0878. The van der Waals surface area contributed by atoms with Crippen molar-refractivity contribution in [3.63, 3.8) is 0 Å². The van der Waals surface area contributed by atoms with Crippen LogP contribution in [0.2, 0.25) is 5.02 Å². The molecule has 7 nitrogen and oxygen atoms in total. The number of halogens is 1. The van der Waals surface area contributed by atoms with Crippen LogP contribution in [-0.2, 0) is 11.2 Å². The monoisotopic (exact) mass is 515 g/mol. The lowest BCUT2D eigenvalue weighted by molar-refractivity contribution is -0.116. The smallest absolute Gasteiger partial charge is 0.256 e. The number of rotatable bonds is 7. The van der Waals surface area contributed by atoms with Gasteiger partial charge in [0.05, 0.1) is 21.8 Å². The molecule has 37 heavy (non-hydrogen) atoms. The summed E-state index contributed by atoms with van der Waals surface area (Å²) in [6.07, 6.45) is 6.33. The molecule has 1 aliphatic heterocycles. The number of amides is 2. The topological polar surface area (TPSA) is 70.5 Å². The molecule has 1 fully saturated rings. The van der Waals surface area contributed by atoms with Gasteiger partial charge in [0, 0.05) is 62.3 Å². The van der Waals surface area contributed by atoms with Crippen LogP contribution in [0.5, 0.6) is 0 Å². The van der Waals surface area contributed by atoms with Gasteiger partial charge in [0.25, 0.3) is 5.91 Å². The number of nitrogens with zero attached hydrogens (tertiary/aromatic N) is 4. The van der Waals surface area contributed by atoms with Crippen molar-refractivity contribution < 1.29 is 9.59 Å². The van der Waals surface area contributed by atoms with Gasteiger partial charge in [-0.05, 0) is 48.9 Å². The first-order valence-corrected chi connectivity index (χ1v) is 13.0. The number of pyridine rings is 1. The molecule has 1 N–H and O–H groups in total. The number of anilines is 1. The first kappa shape index (κ1) is 25.0. The van der Waals surface area contributed by atoms with E-state index in [9.17, 15) is 9.59 Å². The second kappa shape index (κ2) is 11.2. The van der Waals surface area contributed by atoms with Crippen molar-refractivity contribution in [3.8, 4) is 5.69 Å². The largest absolute Gasteiger partial charge is 0.336 e. The number of para-hydroxylation sites is 1. The molecule has 0 atom stereocenters. The van der Waals surface area contributed by atoms with Crippen LogP contribution in [0.25, 0.3) is 16.6 Å². The third kappa shape index (κ3) is 5.53. The summed E-state index contributed by atoms with van der Waals surface area (Å²) in [5, 5.41) is 4.31. The van der Waals surface area contributed by atoms with Gasteiger partial charge in [0.15, 0.2) is 0 Å². The molecule has 8 heteroatoms. The molecule has 2 amide bonds. The summed E-state index contributed by atoms with van der Waals surface area (Å²) in [4.78, 5) is 34.3. The van der Waals surface area contributed by atoms with E-state index in [1.54, 1.807) is 18.5 Å². The maximum Gasteiger partial charge on any atom is 0.256 e. The Kier molecular flexibility index (Phi) is 7.53. The number of benzene rings is 2. The summed E-state index contributed by atoms with van der Waals surface area (Å²) in [6.45, 7) is 6.38. The van der Waals surface area contributed by atoms with Crippen LogP contribution in [0.3, 0.4) is 0 Å². The molecule has 2 aromatic carbocycles. The van der Waals surface area contributed by atoms with E-state index in [-0.39, 0.29) is 11.8 Å². The standard InChI is InChI=1S/C29H30ClN5O2/c1-2-33-14-16-34(17-15-33)29(37)24-20-35(26-8-4-3-7-23(24)26)27-11-10-22(18-25(27)30)32-28(36)12-9-21-6-5-13-31-19-21/h3-8,10-11,13,18-20H,2,9,12,14-17H2,1H3,(H,32,36). The van der Waals surface area contributed by atoms with Gasteiger partial charge in [-0.25, -0.2) is 0 Å². The van der Waals surface area contributed by atoms with Gasteiger partial charge >= 0.3 is 0 Å². The third-order valence-corrected chi connectivity index (χ3v) is 7.21. The molecule has 2 aromatic heterocycles. The summed E-state index contributed by atoms with van der Waals surface area (Å²) >= 11 is 6.71. The lowest BCUT2D eigenvalue weighted by atomic mass is 10.1. The predicted molar refractivity (Wildman–Crippen MR) is 147 cm³/mol. The Morgan fingerprint density at radius 1 is 1.03 bits per heavy atom. The highest BCUT2D eigenvalue weighted by Crippen LogP contribution is 2.31. The molecule has 3 heterocycles. The van der Waals surface area contributed by atoms with Crippen LogP contribution >= 0.6 is 11.6 Å². The summed E-state index contributed by atoms with van der Waals surface area (Å²) in [7, 11) is 0. The molecule has 190 valence electrons. The Balaban J connectivity index is 1.35. The van der Waals surface area contributed by atoms with Crippen LogP contribution in [-0.4, -0.2) is 63.9 Å². The summed E-state index contributed by atoms with van der Waals surface area (Å²) in [5.74, 6) is -0.0468. The average molecular weight is 516 g/mol. The van der Waals surface area contributed by atoms with Crippen molar-refractivity contribution in [1.29, 1.82) is 0 Å². The van der Waals surface area contributed by atoms with E-state index in [1.807, 2.05) is 64.2 Å². The zero-order valence-corrected chi connectivity index (χ0v) is 21.6. The lowest BCUT2D eigenvalue weighted by Gasteiger charge is -2.34. The summed E-state index contributed by atoms with van der Waals surface area (Å²) in [5.41, 5.74) is 3.98. The van der Waals surface area contributed by atoms with Gasteiger partial charge < -0.3 is 19.7 Å². The number of nitrogens with one attached hydrogen (secondary N) is 1. The van der Waals surface area contributed by atoms with Crippen LogP contribution in [0, 0.1) is 0 Å². The van der Waals surface area contributed by atoms with Crippen molar-refractivity contribution >= 4 is 40.0 Å². The second-order valence-electron chi connectivity index (χ2n) is 9.23. The number of hydrogen-bond donors (Lipinski definition) is 1. The number of hydrogen-bond acceptors (Lipinski definition) is 4. The normalized spacial score (nSPS) is 14.2. The van der Waals surface area contributed by atoms with Crippen molar-refractivity contribution in [2.45, 2.75) is 19.8 Å². The molecular formula is C29H30ClN5O2. The van der Waals surface area contributed by atoms with E-state index in [1.165, 1.54) is 0 Å². The molecule has 0 spiro atoms. The molecule has 4 aromatic rings. The van der Waals surface area contributed by atoms with Gasteiger partial charge in [-0.15, -0.1) is 0 Å². The average Bonchev–Trinajstić information content (AvgIpc) is 3.32. The maximum absolute atomic E-state index is 13.5. The predicted octanol–water partition coefficient (Wildman–Crippen LogP) is 5.03. The van der Waals surface area contributed by atoms with E-state index in [0.29, 0.717) is 29.1 Å². The molecule has 5 rings (SSSR count). The maximum atomic E-state index is 13.5. The number of aromatic nitrogens is 2. The van der Waals surface area contributed by atoms with Gasteiger partial charge in [0.1, 0.15) is 0 Å². The first-order chi connectivity index (χ1) is 18.0. The summed E-state index contributed by atoms with van der Waals surface area (Å²) in [6, 6.07) is 17.2. The Bertz CT molecular complexity index is 1410. The van der Waals surface area contributed by atoms with Gasteiger partial charge in [-0.2, -0.15) is 0 Å². The zero-order chi connectivity index (χ0) is 25.8. The SMILES string of the molecule is CCN1CCN(C(=O)c2cn(-c3ccc(NC(=O)CCc4cccnc4)cc3Cl)c3ccccc23)CC1. The summed E-state index contributed by atoms with van der Waals surface area (Å²) < 4.78 is 1.96. The van der Waals surface area contributed by atoms with Crippen LogP contribution in [0.4, 0.5) is 5.69 Å². The van der Waals surface area contributed by atoms with Crippen molar-refractivity contribution in [1.82, 2.24) is 19.4 Å². The fourth-order valence-electron chi connectivity index (χ4n) is 4.79. The highest BCUT2D eigenvalue weighted by atomic mass is 35.5. The molecule has 0 aliphatic carbocycles. The minimum absolute atomic E-state index is 0.0410. The quantitative estimate of drug-likeness (QED) is 0.375. The van der Waals surface area contributed by atoms with E-state index in [2.05, 4.69) is 22.1 Å². The van der Waals surface area contributed by atoms with Crippen molar-refractivity contribution in [2.24, 2.45) is 0 Å². The highest BCUT2D eigenvalue weighted by molar-refractivity contribution is 6.33. The molecule has 0 saturated carbocycles. The third-order valence-electron chi connectivity index (χ3n) is 6.90. The fourth-order valence-corrected chi connectivity index (χ4v) is 5.07. The van der Waals surface area contributed by atoms with Crippen LogP contribution in [0.1, 0.15) is 29.3 Å². The van der Waals surface area contributed by atoms with Crippen molar-refractivity contribution in [3.05, 3.63) is 89.3 Å². The van der Waals surface area contributed by atoms with Crippen LogP contribution < -0.4 is 5.32 Å². The Hall–Kier alpha value is -3.68. The van der Waals surface area contributed by atoms with Gasteiger partial charge in [-0.1, -0.05) is 42.8 Å². The highest BCUT2D eigenvalue weighted by Gasteiger charge is 2.25. The van der Waals surface area contributed by atoms with E-state index < -0.39 is 0 Å². The molecule has 0 bridgehead atoms.